The quantitative estimate of drug-likeness (QED) is 0.633. The highest BCUT2D eigenvalue weighted by Gasteiger charge is 2.24. The van der Waals surface area contributed by atoms with E-state index in [4.69, 9.17) is 15.6 Å². The minimum absolute atomic E-state index is 0.00214. The van der Waals surface area contributed by atoms with Crippen LogP contribution < -0.4 is 5.73 Å². The van der Waals surface area contributed by atoms with Crippen LogP contribution in [-0.2, 0) is 4.74 Å². The average Bonchev–Trinajstić information content (AvgIpc) is 2.20. The van der Waals surface area contributed by atoms with E-state index in [9.17, 15) is 9.59 Å². The van der Waals surface area contributed by atoms with E-state index in [0.29, 0.717) is 16.7 Å². The predicted octanol–water partition coefficient (Wildman–Crippen LogP) is 2.54. The van der Waals surface area contributed by atoms with Gasteiger partial charge in [-0.3, -0.25) is 0 Å². The maximum Gasteiger partial charge on any atom is 0.339 e. The van der Waals surface area contributed by atoms with Gasteiger partial charge >= 0.3 is 11.9 Å². The molecule has 0 fully saturated rings. The number of carbonyl (C=O) groups is 2. The van der Waals surface area contributed by atoms with Gasteiger partial charge in [0.15, 0.2) is 0 Å². The van der Waals surface area contributed by atoms with Crippen LogP contribution in [0.4, 0.5) is 5.69 Å². The summed E-state index contributed by atoms with van der Waals surface area (Å²) in [6, 6.07) is 1.39. The number of hydrogen-bond acceptors (Lipinski definition) is 4. The van der Waals surface area contributed by atoms with E-state index in [-0.39, 0.29) is 11.3 Å². The Labute approximate surface area is 112 Å². The van der Waals surface area contributed by atoms with Crippen LogP contribution >= 0.6 is 0 Å². The van der Waals surface area contributed by atoms with Crippen LogP contribution in [0.25, 0.3) is 0 Å². The van der Waals surface area contributed by atoms with Gasteiger partial charge in [-0.2, -0.15) is 0 Å². The minimum Gasteiger partial charge on any atom is -0.478 e. The van der Waals surface area contributed by atoms with E-state index in [0.717, 1.165) is 0 Å². The number of hydrogen-bond donors (Lipinski definition) is 2. The SMILES string of the molecule is Cc1cc(C(=O)O)c(N)c(C)c1C(=O)OC(C)(C)C. The Morgan fingerprint density at radius 1 is 1.26 bits per heavy atom. The number of rotatable bonds is 2. The molecule has 1 rings (SSSR count). The Morgan fingerprint density at radius 3 is 2.21 bits per heavy atom. The third-order valence-electron chi connectivity index (χ3n) is 2.66. The number of ether oxygens (including phenoxy) is 1. The van der Waals surface area contributed by atoms with Crippen LogP contribution in [0.3, 0.4) is 0 Å². The number of nitrogens with two attached hydrogens (primary N) is 1. The van der Waals surface area contributed by atoms with Crippen molar-refractivity contribution in [2.24, 2.45) is 0 Å². The Bertz CT molecular complexity index is 541. The topological polar surface area (TPSA) is 89.6 Å². The predicted molar refractivity (Wildman–Crippen MR) is 72.5 cm³/mol. The standard InChI is InChI=1S/C14H19NO4/c1-7-6-9(12(16)17)11(15)8(2)10(7)13(18)19-14(3,4)5/h6H,15H2,1-5H3,(H,16,17). The summed E-state index contributed by atoms with van der Waals surface area (Å²) < 4.78 is 5.30. The van der Waals surface area contributed by atoms with Gasteiger partial charge in [-0.05, 0) is 51.8 Å². The Balaban J connectivity index is 3.35. The first-order chi connectivity index (χ1) is 8.54. The molecule has 0 radical (unpaired) electrons. The summed E-state index contributed by atoms with van der Waals surface area (Å²) in [6.07, 6.45) is 0. The summed E-state index contributed by atoms with van der Waals surface area (Å²) in [5.41, 5.74) is 6.56. The molecule has 5 heteroatoms. The molecule has 1 aromatic carbocycles. The highest BCUT2D eigenvalue weighted by atomic mass is 16.6. The molecule has 1 aromatic rings. The van der Waals surface area contributed by atoms with E-state index in [1.165, 1.54) is 6.07 Å². The van der Waals surface area contributed by atoms with Crippen molar-refractivity contribution in [1.82, 2.24) is 0 Å². The van der Waals surface area contributed by atoms with Gasteiger partial charge in [0.05, 0.1) is 11.1 Å². The molecule has 3 N–H and O–H groups in total. The fourth-order valence-electron chi connectivity index (χ4n) is 1.82. The molecular weight excluding hydrogens is 246 g/mol. The van der Waals surface area contributed by atoms with Crippen molar-refractivity contribution < 1.29 is 19.4 Å². The molecule has 19 heavy (non-hydrogen) atoms. The lowest BCUT2D eigenvalue weighted by molar-refractivity contribution is 0.00676. The zero-order valence-corrected chi connectivity index (χ0v) is 11.8. The molecule has 0 amide bonds. The summed E-state index contributed by atoms with van der Waals surface area (Å²) in [5, 5.41) is 9.03. The molecule has 0 aliphatic carbocycles. The highest BCUT2D eigenvalue weighted by Crippen LogP contribution is 2.26. The molecule has 0 aromatic heterocycles. The van der Waals surface area contributed by atoms with Gasteiger partial charge in [-0.1, -0.05) is 0 Å². The van der Waals surface area contributed by atoms with E-state index in [1.54, 1.807) is 34.6 Å². The number of aryl methyl sites for hydroxylation is 1. The van der Waals surface area contributed by atoms with Gasteiger partial charge in [0, 0.05) is 5.69 Å². The first kappa shape index (κ1) is 15.0. The number of carboxylic acid groups (broad SMARTS) is 1. The molecule has 0 saturated heterocycles. The van der Waals surface area contributed by atoms with Crippen LogP contribution in [0.2, 0.25) is 0 Å². The fraction of sp³-hybridized carbons (Fsp3) is 0.429. The Morgan fingerprint density at radius 2 is 1.79 bits per heavy atom. The number of carboxylic acids is 1. The van der Waals surface area contributed by atoms with Gasteiger partial charge in [0.1, 0.15) is 5.60 Å². The molecular formula is C14H19NO4. The Kier molecular flexibility index (Phi) is 3.88. The van der Waals surface area contributed by atoms with E-state index >= 15 is 0 Å². The van der Waals surface area contributed by atoms with E-state index in [2.05, 4.69) is 0 Å². The summed E-state index contributed by atoms with van der Waals surface area (Å²) >= 11 is 0. The van der Waals surface area contributed by atoms with Crippen molar-refractivity contribution in [2.75, 3.05) is 5.73 Å². The number of carbonyl (C=O) groups excluding carboxylic acids is 1. The lowest BCUT2D eigenvalue weighted by Crippen LogP contribution is -2.25. The maximum atomic E-state index is 12.1. The number of anilines is 1. The number of aromatic carboxylic acids is 1. The molecule has 0 atom stereocenters. The zero-order valence-electron chi connectivity index (χ0n) is 11.8. The third kappa shape index (κ3) is 3.24. The number of benzene rings is 1. The lowest BCUT2D eigenvalue weighted by atomic mass is 9.96. The molecule has 0 unspecified atom stereocenters. The second-order valence-electron chi connectivity index (χ2n) is 5.46. The molecule has 0 aliphatic rings. The highest BCUT2D eigenvalue weighted by molar-refractivity contribution is 6.00. The Hall–Kier alpha value is -2.04. The second-order valence-corrected chi connectivity index (χ2v) is 5.46. The van der Waals surface area contributed by atoms with Gasteiger partial charge in [0.2, 0.25) is 0 Å². The number of nitrogen functional groups attached to an aromatic ring is 1. The smallest absolute Gasteiger partial charge is 0.339 e. The first-order valence-corrected chi connectivity index (χ1v) is 5.91. The molecule has 104 valence electrons. The molecule has 0 saturated carbocycles. The first-order valence-electron chi connectivity index (χ1n) is 5.91. The summed E-state index contributed by atoms with van der Waals surface area (Å²) in [5.74, 6) is -1.61. The van der Waals surface area contributed by atoms with E-state index in [1.807, 2.05) is 0 Å². The molecule has 5 nitrogen and oxygen atoms in total. The molecule has 0 bridgehead atoms. The summed E-state index contributed by atoms with van der Waals surface area (Å²) in [4.78, 5) is 23.2. The average molecular weight is 265 g/mol. The van der Waals surface area contributed by atoms with Crippen LogP contribution in [0.1, 0.15) is 52.6 Å². The summed E-state index contributed by atoms with van der Waals surface area (Å²) in [7, 11) is 0. The summed E-state index contributed by atoms with van der Waals surface area (Å²) in [6.45, 7) is 8.59. The van der Waals surface area contributed by atoms with Crippen molar-refractivity contribution in [2.45, 2.75) is 40.2 Å². The molecule has 0 aliphatic heterocycles. The second kappa shape index (κ2) is 4.91. The zero-order chi connectivity index (χ0) is 15.0. The van der Waals surface area contributed by atoms with E-state index < -0.39 is 17.5 Å². The van der Waals surface area contributed by atoms with Gasteiger partial charge in [-0.25, -0.2) is 9.59 Å². The van der Waals surface area contributed by atoms with Gasteiger partial charge in [0.25, 0.3) is 0 Å². The largest absolute Gasteiger partial charge is 0.478 e. The van der Waals surface area contributed by atoms with Crippen LogP contribution in [0.15, 0.2) is 6.07 Å². The normalized spacial score (nSPS) is 11.2. The fourth-order valence-corrected chi connectivity index (χ4v) is 1.82. The van der Waals surface area contributed by atoms with Crippen molar-refractivity contribution in [3.8, 4) is 0 Å². The van der Waals surface area contributed by atoms with Crippen LogP contribution in [0, 0.1) is 13.8 Å². The van der Waals surface area contributed by atoms with Gasteiger partial charge < -0.3 is 15.6 Å². The van der Waals surface area contributed by atoms with Crippen molar-refractivity contribution in [3.63, 3.8) is 0 Å². The van der Waals surface area contributed by atoms with Gasteiger partial charge in [-0.15, -0.1) is 0 Å². The van der Waals surface area contributed by atoms with Crippen LogP contribution in [-0.4, -0.2) is 22.6 Å². The van der Waals surface area contributed by atoms with Crippen molar-refractivity contribution >= 4 is 17.6 Å². The monoisotopic (exact) mass is 265 g/mol. The minimum atomic E-state index is -1.11. The third-order valence-corrected chi connectivity index (χ3v) is 2.66. The number of esters is 1. The molecule has 0 heterocycles. The molecule has 0 spiro atoms. The van der Waals surface area contributed by atoms with Crippen LogP contribution in [0.5, 0.6) is 0 Å². The van der Waals surface area contributed by atoms with Crippen molar-refractivity contribution in [1.29, 1.82) is 0 Å². The lowest BCUT2D eigenvalue weighted by Gasteiger charge is -2.21. The maximum absolute atomic E-state index is 12.1. The van der Waals surface area contributed by atoms with Crippen molar-refractivity contribution in [3.05, 3.63) is 28.3 Å².